The molecule has 2 aromatic rings. The first-order chi connectivity index (χ1) is 10.6. The average molecular weight is 335 g/mol. The molecule has 1 fully saturated rings. The molecule has 3 rings (SSSR count). The Balaban J connectivity index is 1.77. The van der Waals surface area contributed by atoms with Crippen LogP contribution in [0.5, 0.6) is 0 Å². The summed E-state index contributed by atoms with van der Waals surface area (Å²) in [5.41, 5.74) is 1.34. The molecule has 1 aliphatic carbocycles. The van der Waals surface area contributed by atoms with Gasteiger partial charge in [0.15, 0.2) is 0 Å². The third kappa shape index (κ3) is 3.21. The molecule has 114 valence electrons. The molecule has 0 spiro atoms. The van der Waals surface area contributed by atoms with Crippen molar-refractivity contribution in [2.45, 2.75) is 24.8 Å². The Labute approximate surface area is 139 Å². The zero-order valence-electron chi connectivity index (χ0n) is 11.9. The second-order valence-corrected chi connectivity index (χ2v) is 6.41. The number of nitrogens with one attached hydrogen (secondary N) is 2. The van der Waals surface area contributed by atoms with Gasteiger partial charge in [-0.1, -0.05) is 41.4 Å². The number of urea groups is 1. The molecule has 0 aliphatic heterocycles. The van der Waals surface area contributed by atoms with Gasteiger partial charge >= 0.3 is 6.03 Å². The predicted octanol–water partition coefficient (Wildman–Crippen LogP) is 5.19. The van der Waals surface area contributed by atoms with E-state index in [1.165, 1.54) is 0 Å². The topological polar surface area (TPSA) is 41.1 Å². The van der Waals surface area contributed by atoms with Gasteiger partial charge in [-0.2, -0.15) is 0 Å². The summed E-state index contributed by atoms with van der Waals surface area (Å²) in [5.74, 6) is 0. The summed E-state index contributed by atoms with van der Waals surface area (Å²) < 4.78 is 0. The highest BCUT2D eigenvalue weighted by molar-refractivity contribution is 6.34. The molecule has 0 aromatic heterocycles. The lowest BCUT2D eigenvalue weighted by Crippen LogP contribution is -2.52. The summed E-state index contributed by atoms with van der Waals surface area (Å²) in [5, 5.41) is 7.10. The van der Waals surface area contributed by atoms with Gasteiger partial charge in [0.1, 0.15) is 0 Å². The van der Waals surface area contributed by atoms with Gasteiger partial charge in [-0.3, -0.25) is 0 Å². The minimum atomic E-state index is -0.382. The number of carbonyl (C=O) groups is 1. The number of halogens is 2. The number of amides is 2. The summed E-state index contributed by atoms with van der Waals surface area (Å²) in [6.07, 6.45) is 2.83. The fourth-order valence-corrected chi connectivity index (χ4v) is 3.27. The third-order valence-corrected chi connectivity index (χ3v) is 4.44. The molecule has 2 amide bonds. The average Bonchev–Trinajstić information content (AvgIpc) is 2.43. The van der Waals surface area contributed by atoms with E-state index in [1.807, 2.05) is 42.5 Å². The first-order valence-corrected chi connectivity index (χ1v) is 7.94. The Kier molecular flexibility index (Phi) is 4.27. The number of rotatable bonds is 3. The second kappa shape index (κ2) is 6.19. The van der Waals surface area contributed by atoms with Crippen LogP contribution in [0.25, 0.3) is 0 Å². The number of hydrogen-bond acceptors (Lipinski definition) is 1. The van der Waals surface area contributed by atoms with Crippen molar-refractivity contribution < 1.29 is 4.79 Å². The van der Waals surface area contributed by atoms with Crippen LogP contribution in [0.4, 0.5) is 10.5 Å². The van der Waals surface area contributed by atoms with Crippen molar-refractivity contribution in [3.05, 3.63) is 64.1 Å². The van der Waals surface area contributed by atoms with Gasteiger partial charge in [0.2, 0.25) is 0 Å². The predicted molar refractivity (Wildman–Crippen MR) is 90.6 cm³/mol. The molecule has 5 heteroatoms. The van der Waals surface area contributed by atoms with Crippen LogP contribution in [0.3, 0.4) is 0 Å². The highest BCUT2D eigenvalue weighted by Crippen LogP contribution is 2.42. The van der Waals surface area contributed by atoms with Crippen LogP contribution in [-0.4, -0.2) is 6.03 Å². The van der Waals surface area contributed by atoms with Crippen LogP contribution in [0.15, 0.2) is 48.5 Å². The van der Waals surface area contributed by atoms with Crippen molar-refractivity contribution in [2.24, 2.45) is 0 Å². The lowest BCUT2D eigenvalue weighted by molar-refractivity contribution is 0.185. The van der Waals surface area contributed by atoms with E-state index in [0.717, 1.165) is 30.5 Å². The number of para-hydroxylation sites is 1. The van der Waals surface area contributed by atoms with Gasteiger partial charge in [-0.25, -0.2) is 4.79 Å². The van der Waals surface area contributed by atoms with E-state index in [9.17, 15) is 4.79 Å². The van der Waals surface area contributed by atoms with Crippen LogP contribution in [-0.2, 0) is 5.54 Å². The van der Waals surface area contributed by atoms with Crippen molar-refractivity contribution in [3.63, 3.8) is 0 Å². The van der Waals surface area contributed by atoms with Gasteiger partial charge in [0.25, 0.3) is 0 Å². The minimum Gasteiger partial charge on any atom is -0.328 e. The zero-order valence-corrected chi connectivity index (χ0v) is 13.4. The molecule has 0 radical (unpaired) electrons. The van der Waals surface area contributed by atoms with Gasteiger partial charge < -0.3 is 10.6 Å². The molecule has 0 unspecified atom stereocenters. The molecule has 0 bridgehead atoms. The number of anilines is 1. The van der Waals surface area contributed by atoms with Crippen molar-refractivity contribution in [2.75, 3.05) is 5.32 Å². The van der Waals surface area contributed by atoms with Crippen molar-refractivity contribution in [3.8, 4) is 0 Å². The molecule has 1 saturated carbocycles. The Hall–Kier alpha value is -1.71. The molecule has 1 aliphatic rings. The second-order valence-electron chi connectivity index (χ2n) is 5.54. The first kappa shape index (κ1) is 15.2. The van der Waals surface area contributed by atoms with Crippen LogP contribution in [0.2, 0.25) is 10.0 Å². The Morgan fingerprint density at radius 3 is 2.18 bits per heavy atom. The minimum absolute atomic E-state index is 0.220. The van der Waals surface area contributed by atoms with Crippen LogP contribution in [0, 0.1) is 0 Å². The van der Waals surface area contributed by atoms with E-state index in [4.69, 9.17) is 23.2 Å². The Bertz CT molecular complexity index is 664. The number of carbonyl (C=O) groups excluding carboxylic acids is 1. The van der Waals surface area contributed by atoms with Gasteiger partial charge in [-0.15, -0.1) is 0 Å². The summed E-state index contributed by atoms with van der Waals surface area (Å²) in [6, 6.07) is 14.6. The lowest BCUT2D eigenvalue weighted by Gasteiger charge is -2.43. The fourth-order valence-electron chi connectivity index (χ4n) is 2.75. The number of hydrogen-bond donors (Lipinski definition) is 2. The summed E-state index contributed by atoms with van der Waals surface area (Å²) >= 11 is 12.2. The lowest BCUT2D eigenvalue weighted by atomic mass is 9.72. The normalized spacial score (nSPS) is 15.7. The molecular formula is C17H16Cl2N2O. The number of benzene rings is 2. The van der Waals surface area contributed by atoms with Crippen molar-refractivity contribution in [1.82, 2.24) is 5.32 Å². The quantitative estimate of drug-likeness (QED) is 0.796. The van der Waals surface area contributed by atoms with Crippen LogP contribution < -0.4 is 10.6 Å². The van der Waals surface area contributed by atoms with Crippen molar-refractivity contribution in [1.29, 1.82) is 0 Å². The van der Waals surface area contributed by atoms with Crippen LogP contribution >= 0.6 is 23.2 Å². The maximum absolute atomic E-state index is 12.3. The van der Waals surface area contributed by atoms with Crippen molar-refractivity contribution >= 4 is 34.9 Å². The maximum atomic E-state index is 12.3. The molecule has 0 atom stereocenters. The van der Waals surface area contributed by atoms with Crippen LogP contribution in [0.1, 0.15) is 24.8 Å². The first-order valence-electron chi connectivity index (χ1n) is 7.18. The molecule has 3 nitrogen and oxygen atoms in total. The Morgan fingerprint density at radius 2 is 1.64 bits per heavy atom. The van der Waals surface area contributed by atoms with E-state index in [1.54, 1.807) is 6.07 Å². The van der Waals surface area contributed by atoms with Gasteiger partial charge in [-0.05, 0) is 55.2 Å². The molecule has 22 heavy (non-hydrogen) atoms. The standard InChI is InChI=1S/C17H16Cl2N2O/c18-13-9-12(10-14(19)11-13)17(7-4-8-17)21-16(22)20-15-5-2-1-3-6-15/h1-3,5-6,9-11H,4,7-8H2,(H2,20,21,22). The molecule has 0 saturated heterocycles. The SMILES string of the molecule is O=C(Nc1ccccc1)NC1(c2cc(Cl)cc(Cl)c2)CCC1. The highest BCUT2D eigenvalue weighted by atomic mass is 35.5. The molecule has 0 heterocycles. The van der Waals surface area contributed by atoms with E-state index in [2.05, 4.69) is 10.6 Å². The third-order valence-electron chi connectivity index (χ3n) is 4.01. The maximum Gasteiger partial charge on any atom is 0.319 e. The summed E-state index contributed by atoms with van der Waals surface area (Å²) in [6.45, 7) is 0. The molecule has 2 N–H and O–H groups in total. The van der Waals surface area contributed by atoms with Gasteiger partial charge in [0.05, 0.1) is 5.54 Å². The zero-order chi connectivity index (χ0) is 15.6. The molecule has 2 aromatic carbocycles. The fraction of sp³-hybridized carbons (Fsp3) is 0.235. The van der Waals surface area contributed by atoms with E-state index < -0.39 is 0 Å². The van der Waals surface area contributed by atoms with E-state index in [0.29, 0.717) is 10.0 Å². The highest BCUT2D eigenvalue weighted by Gasteiger charge is 2.40. The Morgan fingerprint density at radius 1 is 1.00 bits per heavy atom. The molecular weight excluding hydrogens is 319 g/mol. The monoisotopic (exact) mass is 334 g/mol. The van der Waals surface area contributed by atoms with E-state index >= 15 is 0 Å². The van der Waals surface area contributed by atoms with Gasteiger partial charge in [0, 0.05) is 15.7 Å². The summed E-state index contributed by atoms with van der Waals surface area (Å²) in [7, 11) is 0. The smallest absolute Gasteiger partial charge is 0.319 e. The largest absolute Gasteiger partial charge is 0.328 e. The van der Waals surface area contributed by atoms with E-state index in [-0.39, 0.29) is 11.6 Å². The summed E-state index contributed by atoms with van der Waals surface area (Å²) in [4.78, 5) is 12.3.